The monoisotopic (exact) mass is 393 g/mol. The third-order valence-corrected chi connectivity index (χ3v) is 5.34. The van der Waals surface area contributed by atoms with Crippen LogP contribution in [0.5, 0.6) is 0 Å². The lowest BCUT2D eigenvalue weighted by molar-refractivity contribution is -0.117. The van der Waals surface area contributed by atoms with E-state index in [-0.39, 0.29) is 17.5 Å². The summed E-state index contributed by atoms with van der Waals surface area (Å²) in [6, 6.07) is 29.5. The van der Waals surface area contributed by atoms with Crippen molar-refractivity contribution in [1.82, 2.24) is 5.32 Å². The number of carbonyl (C=O) groups is 1. The number of nitrogens with zero attached hydrogens (tertiary/aromatic N) is 2. The minimum absolute atomic E-state index is 0.101. The summed E-state index contributed by atoms with van der Waals surface area (Å²) in [6.45, 7) is 0.788. The Morgan fingerprint density at radius 2 is 1.53 bits per heavy atom. The van der Waals surface area contributed by atoms with Crippen LogP contribution in [0.3, 0.4) is 0 Å². The number of hydrogen-bond acceptors (Lipinski definition) is 3. The van der Waals surface area contributed by atoms with E-state index >= 15 is 0 Å². The van der Waals surface area contributed by atoms with E-state index in [0.29, 0.717) is 0 Å². The maximum atomic E-state index is 13.1. The Bertz CT molecular complexity index is 1040. The van der Waals surface area contributed by atoms with Gasteiger partial charge < -0.3 is 10.2 Å². The second-order valence-corrected chi connectivity index (χ2v) is 7.31. The lowest BCUT2D eigenvalue weighted by atomic mass is 9.98. The molecule has 30 heavy (non-hydrogen) atoms. The van der Waals surface area contributed by atoms with Gasteiger partial charge in [-0.1, -0.05) is 78.9 Å². The number of nitrogens with one attached hydrogen (secondary N) is 1. The predicted octanol–water partition coefficient (Wildman–Crippen LogP) is 4.75. The maximum absolute atomic E-state index is 13.1. The van der Waals surface area contributed by atoms with Crippen LogP contribution in [0.25, 0.3) is 0 Å². The van der Waals surface area contributed by atoms with Gasteiger partial charge in [-0.25, -0.2) is 0 Å². The molecule has 1 aliphatic heterocycles. The van der Waals surface area contributed by atoms with Crippen molar-refractivity contribution >= 4 is 11.6 Å². The van der Waals surface area contributed by atoms with Crippen LogP contribution in [-0.2, 0) is 11.2 Å². The van der Waals surface area contributed by atoms with E-state index in [4.69, 9.17) is 0 Å². The number of fused-ring (bicyclic) bond motifs is 1. The Balaban J connectivity index is 1.62. The van der Waals surface area contributed by atoms with Crippen LogP contribution in [-0.4, -0.2) is 12.5 Å². The minimum Gasteiger partial charge on any atom is -0.346 e. The second kappa shape index (κ2) is 9.11. The van der Waals surface area contributed by atoms with Gasteiger partial charge in [0, 0.05) is 18.4 Å². The summed E-state index contributed by atoms with van der Waals surface area (Å²) in [5, 5.41) is 12.8. The first-order chi connectivity index (χ1) is 14.8. The summed E-state index contributed by atoms with van der Waals surface area (Å²) in [5.41, 5.74) is 4.34. The quantitative estimate of drug-likeness (QED) is 0.503. The Kier molecular flexibility index (Phi) is 5.91. The molecule has 1 heterocycles. The van der Waals surface area contributed by atoms with E-state index < -0.39 is 0 Å². The fourth-order valence-electron chi connectivity index (χ4n) is 3.85. The standard InChI is InChI=1S/C26H23N3O/c27-18-23(19-29-17-9-15-20-10-7-8-16-24(20)29)26(30)28-25(21-11-3-1-4-12-21)22-13-5-2-6-14-22/h1-8,10-14,16,19,25H,9,15,17H2,(H,28,30)/b23-19-. The minimum atomic E-state index is -0.377. The van der Waals surface area contributed by atoms with Gasteiger partial charge in [-0.3, -0.25) is 4.79 Å². The predicted molar refractivity (Wildman–Crippen MR) is 119 cm³/mol. The van der Waals surface area contributed by atoms with Crippen molar-refractivity contribution in [2.24, 2.45) is 0 Å². The molecule has 0 bridgehead atoms. The third kappa shape index (κ3) is 4.26. The molecule has 4 heteroatoms. The Hall–Kier alpha value is -3.84. The first kappa shape index (κ1) is 19.5. The first-order valence-corrected chi connectivity index (χ1v) is 10.1. The summed E-state index contributed by atoms with van der Waals surface area (Å²) in [4.78, 5) is 15.1. The zero-order valence-electron chi connectivity index (χ0n) is 16.7. The smallest absolute Gasteiger partial charge is 0.264 e. The third-order valence-electron chi connectivity index (χ3n) is 5.34. The van der Waals surface area contributed by atoms with Gasteiger partial charge in [0.05, 0.1) is 6.04 Å². The Morgan fingerprint density at radius 3 is 2.17 bits per heavy atom. The van der Waals surface area contributed by atoms with Crippen molar-refractivity contribution in [3.05, 3.63) is 113 Å². The molecular weight excluding hydrogens is 370 g/mol. The summed E-state index contributed by atoms with van der Waals surface area (Å²) in [6.07, 6.45) is 3.68. The van der Waals surface area contributed by atoms with Crippen LogP contribution < -0.4 is 10.2 Å². The number of nitriles is 1. The number of benzene rings is 3. The van der Waals surface area contributed by atoms with Gasteiger partial charge >= 0.3 is 0 Å². The largest absolute Gasteiger partial charge is 0.346 e. The molecule has 0 aliphatic carbocycles. The molecule has 4 rings (SSSR count). The second-order valence-electron chi connectivity index (χ2n) is 7.31. The van der Waals surface area contributed by atoms with Crippen molar-refractivity contribution in [2.45, 2.75) is 18.9 Å². The summed E-state index contributed by atoms with van der Waals surface area (Å²) in [7, 11) is 0. The molecule has 0 unspecified atom stereocenters. The molecule has 4 nitrogen and oxygen atoms in total. The number of anilines is 1. The first-order valence-electron chi connectivity index (χ1n) is 10.1. The van der Waals surface area contributed by atoms with Crippen molar-refractivity contribution in [3.63, 3.8) is 0 Å². The van der Waals surface area contributed by atoms with E-state index in [1.54, 1.807) is 6.20 Å². The molecule has 3 aromatic carbocycles. The number of para-hydroxylation sites is 1. The van der Waals surface area contributed by atoms with Crippen LogP contribution >= 0.6 is 0 Å². The zero-order valence-corrected chi connectivity index (χ0v) is 16.7. The highest BCUT2D eigenvalue weighted by atomic mass is 16.1. The van der Waals surface area contributed by atoms with E-state index in [2.05, 4.69) is 17.5 Å². The Labute approximate surface area is 177 Å². The van der Waals surface area contributed by atoms with Crippen LogP contribution in [0.1, 0.15) is 29.2 Å². The van der Waals surface area contributed by atoms with E-state index in [0.717, 1.165) is 36.2 Å². The van der Waals surface area contributed by atoms with E-state index in [1.165, 1.54) is 5.56 Å². The van der Waals surface area contributed by atoms with Gasteiger partial charge in [-0.2, -0.15) is 5.26 Å². The van der Waals surface area contributed by atoms with Gasteiger partial charge in [-0.05, 0) is 35.6 Å². The molecule has 0 atom stereocenters. The molecular formula is C26H23N3O. The molecule has 0 radical (unpaired) electrons. The lowest BCUT2D eigenvalue weighted by Gasteiger charge is -2.28. The highest BCUT2D eigenvalue weighted by Crippen LogP contribution is 2.28. The fraction of sp³-hybridized carbons (Fsp3) is 0.154. The van der Waals surface area contributed by atoms with Gasteiger partial charge in [0.2, 0.25) is 0 Å². The van der Waals surface area contributed by atoms with Crippen LogP contribution in [0, 0.1) is 11.3 Å². The Morgan fingerprint density at radius 1 is 0.933 bits per heavy atom. The number of hydrogen-bond donors (Lipinski definition) is 1. The van der Waals surface area contributed by atoms with Gasteiger partial charge in [0.1, 0.15) is 11.6 Å². The molecule has 1 aliphatic rings. The number of aryl methyl sites for hydroxylation is 1. The molecule has 0 fully saturated rings. The molecule has 0 saturated carbocycles. The van der Waals surface area contributed by atoms with Crippen LogP contribution in [0.15, 0.2) is 96.7 Å². The molecule has 3 aromatic rings. The number of carbonyl (C=O) groups excluding carboxylic acids is 1. The van der Waals surface area contributed by atoms with Gasteiger partial charge in [0.25, 0.3) is 5.91 Å². The maximum Gasteiger partial charge on any atom is 0.264 e. The van der Waals surface area contributed by atoms with E-state index in [9.17, 15) is 10.1 Å². The van der Waals surface area contributed by atoms with Crippen molar-refractivity contribution in [3.8, 4) is 6.07 Å². The molecule has 0 saturated heterocycles. The van der Waals surface area contributed by atoms with Crippen LogP contribution in [0.4, 0.5) is 5.69 Å². The summed E-state index contributed by atoms with van der Waals surface area (Å²) in [5.74, 6) is -0.377. The molecule has 1 amide bonds. The molecule has 1 N–H and O–H groups in total. The average molecular weight is 393 g/mol. The number of rotatable bonds is 5. The fourth-order valence-corrected chi connectivity index (χ4v) is 3.85. The molecule has 0 spiro atoms. The molecule has 148 valence electrons. The highest BCUT2D eigenvalue weighted by Gasteiger charge is 2.21. The zero-order chi connectivity index (χ0) is 20.8. The SMILES string of the molecule is N#C/C(=C/N1CCCc2ccccc21)C(=O)NC(c1ccccc1)c1ccccc1. The van der Waals surface area contributed by atoms with Crippen LogP contribution in [0.2, 0.25) is 0 Å². The van der Waals surface area contributed by atoms with Crippen molar-refractivity contribution in [2.75, 3.05) is 11.4 Å². The normalized spacial score (nSPS) is 13.5. The molecule has 0 aromatic heterocycles. The highest BCUT2D eigenvalue weighted by molar-refractivity contribution is 5.98. The summed E-state index contributed by atoms with van der Waals surface area (Å²) >= 11 is 0. The van der Waals surface area contributed by atoms with Crippen molar-refractivity contribution in [1.29, 1.82) is 5.26 Å². The topological polar surface area (TPSA) is 56.1 Å². The average Bonchev–Trinajstić information content (AvgIpc) is 2.82. The van der Waals surface area contributed by atoms with Gasteiger partial charge in [-0.15, -0.1) is 0 Å². The van der Waals surface area contributed by atoms with Gasteiger partial charge in [0.15, 0.2) is 0 Å². The summed E-state index contributed by atoms with van der Waals surface area (Å²) < 4.78 is 0. The number of amides is 1. The van der Waals surface area contributed by atoms with Crippen molar-refractivity contribution < 1.29 is 4.79 Å². The van der Waals surface area contributed by atoms with E-state index in [1.807, 2.05) is 83.8 Å². The lowest BCUT2D eigenvalue weighted by Crippen LogP contribution is -2.32.